The number of hydrogen-bond acceptors (Lipinski definition) is 3. The first-order valence-electron chi connectivity index (χ1n) is 7.24. The highest BCUT2D eigenvalue weighted by Gasteiger charge is 2.27. The summed E-state index contributed by atoms with van der Waals surface area (Å²) < 4.78 is 0. The molecular weight excluding hydrogens is 258 g/mol. The van der Waals surface area contributed by atoms with Gasteiger partial charge in [-0.1, -0.05) is 6.07 Å². The fraction of sp³-hybridized carbons (Fsp3) is 0.667. The van der Waals surface area contributed by atoms with E-state index in [1.165, 1.54) is 4.88 Å². The molecule has 1 aliphatic rings. The van der Waals surface area contributed by atoms with Gasteiger partial charge in [0, 0.05) is 30.5 Å². The van der Waals surface area contributed by atoms with Crippen molar-refractivity contribution in [3.8, 4) is 0 Å². The average Bonchev–Trinajstić information content (AvgIpc) is 3.07. The Hall–Kier alpha value is -0.870. The van der Waals surface area contributed by atoms with Crippen LogP contribution < -0.4 is 0 Å². The molecule has 0 bridgehead atoms. The van der Waals surface area contributed by atoms with Crippen LogP contribution in [0, 0.1) is 0 Å². The predicted molar refractivity (Wildman–Crippen MR) is 78.3 cm³/mol. The number of aliphatic hydroxyl groups is 1. The van der Waals surface area contributed by atoms with Gasteiger partial charge in [0.25, 0.3) is 0 Å². The van der Waals surface area contributed by atoms with Crippen LogP contribution in [0.15, 0.2) is 17.5 Å². The van der Waals surface area contributed by atoms with Gasteiger partial charge in [-0.25, -0.2) is 0 Å². The summed E-state index contributed by atoms with van der Waals surface area (Å²) in [6, 6.07) is 4.57. The highest BCUT2D eigenvalue weighted by molar-refractivity contribution is 7.09. The van der Waals surface area contributed by atoms with Crippen molar-refractivity contribution >= 4 is 17.2 Å². The zero-order valence-corrected chi connectivity index (χ0v) is 12.2. The third-order valence-electron chi connectivity index (χ3n) is 3.79. The Morgan fingerprint density at radius 2 is 2.37 bits per heavy atom. The highest BCUT2D eigenvalue weighted by atomic mass is 32.1. The Morgan fingerprint density at radius 3 is 3.11 bits per heavy atom. The van der Waals surface area contributed by atoms with Gasteiger partial charge in [0.1, 0.15) is 0 Å². The van der Waals surface area contributed by atoms with Crippen molar-refractivity contribution in [3.63, 3.8) is 0 Å². The quantitative estimate of drug-likeness (QED) is 0.835. The normalized spacial score (nSPS) is 19.0. The van der Waals surface area contributed by atoms with Crippen molar-refractivity contribution in [3.05, 3.63) is 22.4 Å². The Morgan fingerprint density at radius 1 is 1.47 bits per heavy atom. The zero-order chi connectivity index (χ0) is 13.5. The minimum atomic E-state index is 0.233. The molecule has 1 aromatic heterocycles. The summed E-state index contributed by atoms with van der Waals surface area (Å²) in [5, 5.41) is 11.0. The number of aliphatic hydroxyl groups excluding tert-OH is 1. The van der Waals surface area contributed by atoms with E-state index >= 15 is 0 Å². The number of aryl methyl sites for hydroxylation is 1. The van der Waals surface area contributed by atoms with Crippen molar-refractivity contribution in [1.29, 1.82) is 0 Å². The molecule has 19 heavy (non-hydrogen) atoms. The van der Waals surface area contributed by atoms with Crippen LogP contribution in [-0.2, 0) is 11.2 Å². The van der Waals surface area contributed by atoms with E-state index < -0.39 is 0 Å². The molecule has 4 heteroatoms. The molecule has 0 aromatic carbocycles. The van der Waals surface area contributed by atoms with E-state index in [1.54, 1.807) is 11.3 Å². The first kappa shape index (κ1) is 14.5. The van der Waals surface area contributed by atoms with E-state index in [2.05, 4.69) is 17.5 Å². The lowest BCUT2D eigenvalue weighted by Crippen LogP contribution is -2.35. The minimum Gasteiger partial charge on any atom is -0.396 e. The van der Waals surface area contributed by atoms with Gasteiger partial charge in [-0.15, -0.1) is 11.3 Å². The second-order valence-electron chi connectivity index (χ2n) is 5.18. The second kappa shape index (κ2) is 7.65. The first-order valence-corrected chi connectivity index (χ1v) is 8.12. The number of nitrogens with zero attached hydrogens (tertiary/aromatic N) is 1. The summed E-state index contributed by atoms with van der Waals surface area (Å²) in [6.07, 6.45) is 6.61. The van der Waals surface area contributed by atoms with Crippen LogP contribution in [0.5, 0.6) is 0 Å². The topological polar surface area (TPSA) is 40.5 Å². The van der Waals surface area contributed by atoms with E-state index in [0.717, 1.165) is 45.1 Å². The first-order chi connectivity index (χ1) is 9.31. The molecular formula is C15H23NO2S. The average molecular weight is 281 g/mol. The van der Waals surface area contributed by atoms with Gasteiger partial charge in [-0.05, 0) is 50.0 Å². The Bertz CT molecular complexity index is 378. The van der Waals surface area contributed by atoms with Crippen LogP contribution in [0.2, 0.25) is 0 Å². The maximum atomic E-state index is 12.2. The molecule has 3 nitrogen and oxygen atoms in total. The molecule has 1 N–H and O–H groups in total. The zero-order valence-electron chi connectivity index (χ0n) is 11.4. The molecule has 1 aliphatic heterocycles. The van der Waals surface area contributed by atoms with Crippen molar-refractivity contribution < 1.29 is 9.90 Å². The predicted octanol–water partition coefficient (Wildman–Crippen LogP) is 2.83. The number of amides is 1. The number of thiophene rings is 1. The molecule has 0 spiro atoms. The molecule has 1 saturated heterocycles. The summed E-state index contributed by atoms with van der Waals surface area (Å²) in [6.45, 7) is 1.14. The fourth-order valence-corrected chi connectivity index (χ4v) is 3.55. The third-order valence-corrected chi connectivity index (χ3v) is 4.72. The molecule has 2 rings (SSSR count). The monoisotopic (exact) mass is 281 g/mol. The van der Waals surface area contributed by atoms with E-state index in [0.29, 0.717) is 18.4 Å². The largest absolute Gasteiger partial charge is 0.396 e. The smallest absolute Gasteiger partial charge is 0.222 e. The van der Waals surface area contributed by atoms with E-state index in [-0.39, 0.29) is 6.61 Å². The van der Waals surface area contributed by atoms with Gasteiger partial charge in [0.05, 0.1) is 0 Å². The van der Waals surface area contributed by atoms with Crippen LogP contribution in [0.1, 0.15) is 43.4 Å². The van der Waals surface area contributed by atoms with Crippen molar-refractivity contribution in [2.45, 2.75) is 51.0 Å². The van der Waals surface area contributed by atoms with Crippen LogP contribution in [0.3, 0.4) is 0 Å². The molecule has 0 aliphatic carbocycles. The minimum absolute atomic E-state index is 0.233. The van der Waals surface area contributed by atoms with E-state index in [9.17, 15) is 4.79 Å². The molecule has 0 saturated carbocycles. The van der Waals surface area contributed by atoms with Gasteiger partial charge in [-0.2, -0.15) is 0 Å². The Labute approximate surface area is 119 Å². The van der Waals surface area contributed by atoms with Crippen molar-refractivity contribution in [2.75, 3.05) is 13.2 Å². The van der Waals surface area contributed by atoms with Crippen molar-refractivity contribution in [1.82, 2.24) is 4.90 Å². The number of carbonyl (C=O) groups is 1. The summed E-state index contributed by atoms with van der Waals surface area (Å²) in [7, 11) is 0. The van der Waals surface area contributed by atoms with Gasteiger partial charge >= 0.3 is 0 Å². The molecule has 106 valence electrons. The summed E-state index contributed by atoms with van der Waals surface area (Å²) >= 11 is 1.77. The number of carbonyl (C=O) groups excluding carboxylic acids is 1. The Kier molecular flexibility index (Phi) is 5.86. The molecule has 0 radical (unpaired) electrons. The van der Waals surface area contributed by atoms with Crippen LogP contribution >= 0.6 is 11.3 Å². The lowest BCUT2D eigenvalue weighted by atomic mass is 10.1. The van der Waals surface area contributed by atoms with Gasteiger partial charge in [-0.3, -0.25) is 4.79 Å². The molecule has 1 unspecified atom stereocenters. The summed E-state index contributed by atoms with van der Waals surface area (Å²) in [4.78, 5) is 15.6. The van der Waals surface area contributed by atoms with E-state index in [1.807, 2.05) is 4.90 Å². The number of hydrogen-bond donors (Lipinski definition) is 1. The molecule has 1 fully saturated rings. The lowest BCUT2D eigenvalue weighted by Gasteiger charge is -2.24. The van der Waals surface area contributed by atoms with Gasteiger partial charge < -0.3 is 10.0 Å². The molecule has 1 aromatic rings. The van der Waals surface area contributed by atoms with Gasteiger partial charge in [0.15, 0.2) is 0 Å². The maximum absolute atomic E-state index is 12.2. The molecule has 2 heterocycles. The highest BCUT2D eigenvalue weighted by Crippen LogP contribution is 2.23. The third kappa shape index (κ3) is 4.32. The Balaban J connectivity index is 1.72. The van der Waals surface area contributed by atoms with Crippen LogP contribution in [-0.4, -0.2) is 35.1 Å². The van der Waals surface area contributed by atoms with Crippen molar-refractivity contribution in [2.24, 2.45) is 0 Å². The summed E-state index contributed by atoms with van der Waals surface area (Å²) in [5.74, 6) is 0.303. The summed E-state index contributed by atoms with van der Waals surface area (Å²) in [5.41, 5.74) is 0. The number of likely N-dealkylation sites (tertiary alicyclic amines) is 1. The number of rotatable bonds is 7. The SMILES string of the molecule is O=C(CCCc1cccs1)N1CCCC1CCCO. The standard InChI is InChI=1S/C15H23NO2S/c17-11-3-6-13-5-2-10-16(13)15(18)9-1-7-14-8-4-12-19-14/h4,8,12-13,17H,1-3,5-7,9-11H2. The van der Waals surface area contributed by atoms with Crippen LogP contribution in [0.25, 0.3) is 0 Å². The fourth-order valence-electron chi connectivity index (χ4n) is 2.80. The van der Waals surface area contributed by atoms with Crippen LogP contribution in [0.4, 0.5) is 0 Å². The molecule has 1 amide bonds. The van der Waals surface area contributed by atoms with Gasteiger partial charge in [0.2, 0.25) is 5.91 Å². The van der Waals surface area contributed by atoms with E-state index in [4.69, 9.17) is 5.11 Å². The maximum Gasteiger partial charge on any atom is 0.222 e. The lowest BCUT2D eigenvalue weighted by molar-refractivity contribution is -0.132. The molecule has 1 atom stereocenters. The second-order valence-corrected chi connectivity index (χ2v) is 6.21.